The summed E-state index contributed by atoms with van der Waals surface area (Å²) in [5, 5.41) is 9.31. The van der Waals surface area contributed by atoms with Crippen molar-refractivity contribution in [3.63, 3.8) is 0 Å². The predicted molar refractivity (Wildman–Crippen MR) is 69.8 cm³/mol. The fraction of sp³-hybridized carbons (Fsp3) is 0.600. The van der Waals surface area contributed by atoms with Crippen LogP contribution in [0.5, 0.6) is 5.75 Å². The van der Waals surface area contributed by atoms with Gasteiger partial charge in [0.2, 0.25) is 0 Å². The van der Waals surface area contributed by atoms with Gasteiger partial charge in [-0.1, -0.05) is 57.6 Å². The molecule has 1 aromatic rings. The molecule has 0 fully saturated rings. The SMILES string of the molecule is [2H]c1c(O)ccc(CCCCCCCCC)c1[2H]. The zero-order valence-electron chi connectivity index (χ0n) is 12.3. The zero-order chi connectivity index (χ0) is 13.4. The predicted octanol–water partition coefficient (Wildman–Crippen LogP) is 4.69. The molecule has 1 aromatic carbocycles. The van der Waals surface area contributed by atoms with E-state index in [-0.39, 0.29) is 17.8 Å². The molecule has 0 bridgehead atoms. The molecule has 0 saturated carbocycles. The summed E-state index contributed by atoms with van der Waals surface area (Å²) >= 11 is 0. The van der Waals surface area contributed by atoms with E-state index in [2.05, 4.69) is 6.92 Å². The van der Waals surface area contributed by atoms with Gasteiger partial charge in [-0.2, -0.15) is 0 Å². The van der Waals surface area contributed by atoms with Crippen LogP contribution in [0.15, 0.2) is 24.2 Å². The molecular formula is C15H24O. The average molecular weight is 222 g/mol. The van der Waals surface area contributed by atoms with E-state index >= 15 is 0 Å². The number of rotatable bonds is 8. The number of benzene rings is 1. The summed E-state index contributed by atoms with van der Waals surface area (Å²) in [5.74, 6) is -0.0942. The average Bonchev–Trinajstić information content (AvgIpc) is 2.37. The second-order valence-corrected chi connectivity index (χ2v) is 4.37. The van der Waals surface area contributed by atoms with E-state index in [0.717, 1.165) is 18.4 Å². The van der Waals surface area contributed by atoms with Gasteiger partial charge >= 0.3 is 0 Å². The van der Waals surface area contributed by atoms with Crippen molar-refractivity contribution >= 4 is 0 Å². The number of aryl methyl sites for hydroxylation is 1. The first-order valence-corrected chi connectivity index (χ1v) is 6.44. The van der Waals surface area contributed by atoms with E-state index < -0.39 is 0 Å². The maximum atomic E-state index is 9.31. The van der Waals surface area contributed by atoms with Gasteiger partial charge in [0.15, 0.2) is 0 Å². The second kappa shape index (κ2) is 8.20. The molecule has 0 spiro atoms. The fourth-order valence-electron chi connectivity index (χ4n) is 1.83. The van der Waals surface area contributed by atoms with Crippen LogP contribution < -0.4 is 0 Å². The molecule has 0 unspecified atom stereocenters. The van der Waals surface area contributed by atoms with E-state index in [4.69, 9.17) is 2.74 Å². The van der Waals surface area contributed by atoms with E-state index in [1.54, 1.807) is 6.07 Å². The molecule has 16 heavy (non-hydrogen) atoms. The standard InChI is InChI=1S/C15H24O/c1-2-3-4-5-6-7-8-9-14-10-12-15(16)13-11-14/h10-13,16H,2-9H2,1H3/i10D,12D. The Morgan fingerprint density at radius 3 is 2.44 bits per heavy atom. The van der Waals surface area contributed by atoms with Crippen LogP contribution in [-0.4, -0.2) is 5.11 Å². The maximum Gasteiger partial charge on any atom is 0.115 e. The Balaban J connectivity index is 2.25. The maximum absolute atomic E-state index is 9.31. The molecule has 0 aromatic heterocycles. The van der Waals surface area contributed by atoms with Crippen molar-refractivity contribution in [3.05, 3.63) is 29.8 Å². The van der Waals surface area contributed by atoms with Crippen molar-refractivity contribution in [2.75, 3.05) is 0 Å². The van der Waals surface area contributed by atoms with Crippen LogP contribution in [0.1, 0.15) is 60.2 Å². The Morgan fingerprint density at radius 1 is 1.00 bits per heavy atom. The van der Waals surface area contributed by atoms with Crippen molar-refractivity contribution in [3.8, 4) is 5.75 Å². The molecule has 0 radical (unpaired) electrons. The fourth-order valence-corrected chi connectivity index (χ4v) is 1.83. The van der Waals surface area contributed by atoms with Crippen molar-refractivity contribution in [2.24, 2.45) is 0 Å². The number of phenols is 1. The molecule has 90 valence electrons. The molecule has 0 aliphatic heterocycles. The van der Waals surface area contributed by atoms with Gasteiger partial charge in [-0.3, -0.25) is 0 Å². The third kappa shape index (κ3) is 5.79. The largest absolute Gasteiger partial charge is 0.508 e. The molecule has 0 heterocycles. The van der Waals surface area contributed by atoms with Crippen molar-refractivity contribution in [1.29, 1.82) is 0 Å². The van der Waals surface area contributed by atoms with Crippen LogP contribution >= 0.6 is 0 Å². The summed E-state index contributed by atoms with van der Waals surface area (Å²) in [6, 6.07) is 3.43. The summed E-state index contributed by atoms with van der Waals surface area (Å²) in [7, 11) is 0. The van der Waals surface area contributed by atoms with Gasteiger partial charge in [-0.15, -0.1) is 0 Å². The summed E-state index contributed by atoms with van der Waals surface area (Å²) in [4.78, 5) is 0. The van der Waals surface area contributed by atoms with Crippen molar-refractivity contribution in [2.45, 2.75) is 58.3 Å². The number of aromatic hydroxyl groups is 1. The Hall–Kier alpha value is -0.980. The lowest BCUT2D eigenvalue weighted by molar-refractivity contribution is 0.475. The molecule has 1 N–H and O–H groups in total. The first kappa shape index (κ1) is 10.2. The number of phenolic OH excluding ortho intramolecular Hbond substituents is 1. The van der Waals surface area contributed by atoms with Gasteiger partial charge in [-0.05, 0) is 30.5 Å². The van der Waals surface area contributed by atoms with Crippen LogP contribution in [0.3, 0.4) is 0 Å². The molecule has 0 saturated heterocycles. The summed E-state index contributed by atoms with van der Waals surface area (Å²) in [5.41, 5.74) is 0.881. The first-order chi connectivity index (χ1) is 8.66. The highest BCUT2D eigenvalue weighted by atomic mass is 16.3. The third-order valence-corrected chi connectivity index (χ3v) is 2.84. The normalized spacial score (nSPS) is 12.3. The number of hydrogen-bond acceptors (Lipinski definition) is 1. The molecule has 1 rings (SSSR count). The minimum atomic E-state index is -0.0942. The highest BCUT2D eigenvalue weighted by Gasteiger charge is 1.94. The summed E-state index contributed by atoms with van der Waals surface area (Å²) in [6.07, 6.45) is 9.62. The lowest BCUT2D eigenvalue weighted by Gasteiger charge is -2.02. The van der Waals surface area contributed by atoms with Gasteiger partial charge in [0.25, 0.3) is 0 Å². The van der Waals surface area contributed by atoms with Gasteiger partial charge in [-0.25, -0.2) is 0 Å². The van der Waals surface area contributed by atoms with Gasteiger partial charge in [0.1, 0.15) is 5.75 Å². The van der Waals surface area contributed by atoms with Gasteiger partial charge in [0.05, 0.1) is 2.74 Å². The Kier molecular flexibility index (Phi) is 5.23. The summed E-state index contributed by atoms with van der Waals surface area (Å²) in [6.45, 7) is 2.22. The minimum absolute atomic E-state index is 0.0459. The zero-order valence-corrected chi connectivity index (χ0v) is 10.3. The highest BCUT2D eigenvalue weighted by molar-refractivity contribution is 5.25. The molecule has 0 amide bonds. The first-order valence-electron chi connectivity index (χ1n) is 7.44. The van der Waals surface area contributed by atoms with Crippen LogP contribution in [-0.2, 0) is 6.42 Å². The van der Waals surface area contributed by atoms with Gasteiger partial charge in [0, 0.05) is 0 Å². The minimum Gasteiger partial charge on any atom is -0.508 e. The third-order valence-electron chi connectivity index (χ3n) is 2.84. The Morgan fingerprint density at radius 2 is 1.69 bits per heavy atom. The molecular weight excluding hydrogens is 196 g/mol. The van der Waals surface area contributed by atoms with E-state index in [0.29, 0.717) is 0 Å². The highest BCUT2D eigenvalue weighted by Crippen LogP contribution is 2.13. The molecule has 0 atom stereocenters. The smallest absolute Gasteiger partial charge is 0.115 e. The molecule has 1 nitrogen and oxygen atoms in total. The summed E-state index contributed by atoms with van der Waals surface area (Å²) < 4.78 is 15.3. The lowest BCUT2D eigenvalue weighted by Crippen LogP contribution is -1.85. The van der Waals surface area contributed by atoms with Crippen LogP contribution in [0.4, 0.5) is 0 Å². The molecule has 1 heteroatoms. The number of unbranched alkanes of at least 4 members (excludes halogenated alkanes) is 6. The van der Waals surface area contributed by atoms with E-state index in [1.165, 1.54) is 44.6 Å². The van der Waals surface area contributed by atoms with Crippen LogP contribution in [0.25, 0.3) is 0 Å². The lowest BCUT2D eigenvalue weighted by atomic mass is 10.0. The number of hydrogen-bond donors (Lipinski definition) is 1. The van der Waals surface area contributed by atoms with Crippen molar-refractivity contribution in [1.82, 2.24) is 0 Å². The molecule has 0 aliphatic carbocycles. The monoisotopic (exact) mass is 222 g/mol. The Bertz CT molecular complexity index is 364. The Labute approximate surface area is 102 Å². The van der Waals surface area contributed by atoms with Gasteiger partial charge < -0.3 is 5.11 Å². The quantitative estimate of drug-likeness (QED) is 0.633. The van der Waals surface area contributed by atoms with Crippen molar-refractivity contribution < 1.29 is 7.85 Å². The topological polar surface area (TPSA) is 20.2 Å². The van der Waals surface area contributed by atoms with Crippen LogP contribution in [0.2, 0.25) is 0 Å². The van der Waals surface area contributed by atoms with E-state index in [1.807, 2.05) is 0 Å². The molecule has 0 aliphatic rings. The van der Waals surface area contributed by atoms with E-state index in [9.17, 15) is 5.11 Å². The second-order valence-electron chi connectivity index (χ2n) is 4.37. The van der Waals surface area contributed by atoms with Crippen LogP contribution in [0, 0.1) is 0 Å².